The minimum Gasteiger partial charge on any atom is -0.388 e. The lowest BCUT2D eigenvalue weighted by molar-refractivity contribution is 0.178. The van der Waals surface area contributed by atoms with E-state index in [1.807, 2.05) is 18.4 Å². The first-order valence-electron chi connectivity index (χ1n) is 5.24. The van der Waals surface area contributed by atoms with E-state index in [4.69, 9.17) is 11.6 Å². The van der Waals surface area contributed by atoms with Crippen LogP contribution >= 0.6 is 22.9 Å². The van der Waals surface area contributed by atoms with Gasteiger partial charge in [0.1, 0.15) is 5.82 Å². The lowest BCUT2D eigenvalue weighted by atomic mass is 10.0. The summed E-state index contributed by atoms with van der Waals surface area (Å²) in [5, 5.41) is 12.4. The lowest BCUT2D eigenvalue weighted by Crippen LogP contribution is -2.02. The van der Waals surface area contributed by atoms with Crippen molar-refractivity contribution in [3.8, 4) is 0 Å². The first-order valence-corrected chi connectivity index (χ1v) is 6.49. The molecule has 1 aromatic carbocycles. The van der Waals surface area contributed by atoms with Crippen LogP contribution in [-0.2, 0) is 6.42 Å². The van der Waals surface area contributed by atoms with Gasteiger partial charge in [0.15, 0.2) is 0 Å². The molecule has 1 nitrogen and oxygen atoms in total. The summed E-state index contributed by atoms with van der Waals surface area (Å²) in [7, 11) is 0. The second kappa shape index (κ2) is 5.17. The number of thiophene rings is 1. The molecule has 1 heterocycles. The summed E-state index contributed by atoms with van der Waals surface area (Å²) in [4.78, 5) is 1.09. The molecule has 0 bridgehead atoms. The van der Waals surface area contributed by atoms with Gasteiger partial charge in [-0.2, -0.15) is 0 Å². The van der Waals surface area contributed by atoms with E-state index < -0.39 is 6.10 Å². The van der Waals surface area contributed by atoms with E-state index in [1.54, 1.807) is 17.4 Å². The monoisotopic (exact) mass is 270 g/mol. The van der Waals surface area contributed by atoms with Crippen LogP contribution in [0.5, 0.6) is 0 Å². The molecule has 0 amide bonds. The number of halogens is 2. The minimum atomic E-state index is -0.593. The van der Waals surface area contributed by atoms with Crippen LogP contribution in [0.1, 0.15) is 22.1 Å². The van der Waals surface area contributed by atoms with Gasteiger partial charge < -0.3 is 5.11 Å². The Morgan fingerprint density at radius 2 is 2.18 bits per heavy atom. The van der Waals surface area contributed by atoms with Crippen LogP contribution in [0.15, 0.2) is 29.6 Å². The van der Waals surface area contributed by atoms with Gasteiger partial charge in [0, 0.05) is 16.3 Å². The molecule has 90 valence electrons. The van der Waals surface area contributed by atoms with Crippen molar-refractivity contribution in [1.29, 1.82) is 0 Å². The van der Waals surface area contributed by atoms with E-state index in [2.05, 4.69) is 0 Å². The summed E-state index contributed by atoms with van der Waals surface area (Å²) in [5.41, 5.74) is 1.67. The average molecular weight is 271 g/mol. The predicted molar refractivity (Wildman–Crippen MR) is 69.1 cm³/mol. The Labute approximate surface area is 108 Å². The first kappa shape index (κ1) is 12.6. The molecule has 1 N–H and O–H groups in total. The highest BCUT2D eigenvalue weighted by atomic mass is 35.5. The molecule has 0 spiro atoms. The zero-order valence-electron chi connectivity index (χ0n) is 9.28. The van der Waals surface area contributed by atoms with Gasteiger partial charge in [-0.1, -0.05) is 17.7 Å². The van der Waals surface area contributed by atoms with Gasteiger partial charge in [-0.05, 0) is 41.6 Å². The molecule has 0 aliphatic heterocycles. The fourth-order valence-corrected chi connectivity index (χ4v) is 2.75. The van der Waals surface area contributed by atoms with Gasteiger partial charge in [0.25, 0.3) is 0 Å². The third kappa shape index (κ3) is 2.86. The number of benzene rings is 1. The van der Waals surface area contributed by atoms with E-state index in [-0.39, 0.29) is 5.82 Å². The van der Waals surface area contributed by atoms with Crippen molar-refractivity contribution in [2.75, 3.05) is 0 Å². The molecule has 1 atom stereocenters. The van der Waals surface area contributed by atoms with Crippen LogP contribution in [-0.4, -0.2) is 5.11 Å². The molecule has 0 fully saturated rings. The Kier molecular flexibility index (Phi) is 3.82. The number of aryl methyl sites for hydroxylation is 1. The van der Waals surface area contributed by atoms with Crippen molar-refractivity contribution < 1.29 is 9.50 Å². The Bertz CT molecular complexity index is 524. The van der Waals surface area contributed by atoms with Crippen molar-refractivity contribution in [2.45, 2.75) is 19.4 Å². The highest BCUT2D eigenvalue weighted by Gasteiger charge is 2.14. The van der Waals surface area contributed by atoms with Crippen molar-refractivity contribution >= 4 is 22.9 Å². The van der Waals surface area contributed by atoms with Crippen LogP contribution in [0.4, 0.5) is 4.39 Å². The Balaban J connectivity index is 2.19. The molecule has 0 saturated carbocycles. The highest BCUT2D eigenvalue weighted by Crippen LogP contribution is 2.28. The fourth-order valence-electron chi connectivity index (χ4n) is 1.75. The maximum Gasteiger partial charge on any atom is 0.124 e. The normalized spacial score (nSPS) is 12.7. The summed E-state index contributed by atoms with van der Waals surface area (Å²) in [6.07, 6.45) is -0.194. The van der Waals surface area contributed by atoms with Gasteiger partial charge in [-0.15, -0.1) is 11.3 Å². The van der Waals surface area contributed by atoms with Crippen molar-refractivity contribution in [2.24, 2.45) is 0 Å². The van der Waals surface area contributed by atoms with Gasteiger partial charge >= 0.3 is 0 Å². The zero-order valence-corrected chi connectivity index (χ0v) is 10.9. The maximum absolute atomic E-state index is 12.9. The van der Waals surface area contributed by atoms with E-state index in [0.717, 1.165) is 16.0 Å². The predicted octanol–water partition coefficient (Wildman–Crippen LogP) is 4.13. The molecule has 0 radical (unpaired) electrons. The van der Waals surface area contributed by atoms with Crippen molar-refractivity contribution in [3.05, 3.63) is 56.5 Å². The van der Waals surface area contributed by atoms with Gasteiger partial charge in [-0.3, -0.25) is 0 Å². The van der Waals surface area contributed by atoms with Gasteiger partial charge in [0.2, 0.25) is 0 Å². The quantitative estimate of drug-likeness (QED) is 0.889. The largest absolute Gasteiger partial charge is 0.388 e. The maximum atomic E-state index is 12.9. The first-order chi connectivity index (χ1) is 8.08. The Hall–Kier alpha value is -0.900. The minimum absolute atomic E-state index is 0.358. The van der Waals surface area contributed by atoms with Crippen molar-refractivity contribution in [3.63, 3.8) is 0 Å². The molecule has 0 aliphatic rings. The number of hydrogen-bond donors (Lipinski definition) is 1. The topological polar surface area (TPSA) is 20.2 Å². The zero-order chi connectivity index (χ0) is 12.4. The molecule has 2 rings (SSSR count). The summed E-state index contributed by atoms with van der Waals surface area (Å²) in [5.74, 6) is -0.361. The molecule has 1 aromatic heterocycles. The smallest absolute Gasteiger partial charge is 0.124 e. The van der Waals surface area contributed by atoms with E-state index >= 15 is 0 Å². The molecule has 0 saturated heterocycles. The molecular formula is C13H12ClFOS. The van der Waals surface area contributed by atoms with Crippen LogP contribution in [0.25, 0.3) is 0 Å². The summed E-state index contributed by atoms with van der Waals surface area (Å²) in [6.45, 7) is 1.97. The molecular weight excluding hydrogens is 259 g/mol. The molecule has 0 aliphatic carbocycles. The third-order valence-electron chi connectivity index (χ3n) is 2.69. The standard InChI is InChI=1S/C13H12ClFOS/c1-8-11(4-5-17-8)13(16)6-9-2-3-10(15)7-12(9)14/h2-5,7,13,16H,6H2,1H3. The van der Waals surface area contributed by atoms with Gasteiger partial charge in [-0.25, -0.2) is 4.39 Å². The second-order valence-corrected chi connectivity index (χ2v) is 5.42. The highest BCUT2D eigenvalue weighted by molar-refractivity contribution is 7.10. The van der Waals surface area contributed by atoms with Gasteiger partial charge in [0.05, 0.1) is 6.10 Å². The average Bonchev–Trinajstić information content (AvgIpc) is 2.68. The third-order valence-corrected chi connectivity index (χ3v) is 3.90. The van der Waals surface area contributed by atoms with E-state index in [0.29, 0.717) is 11.4 Å². The summed E-state index contributed by atoms with van der Waals surface area (Å²) < 4.78 is 12.9. The fraction of sp³-hybridized carbons (Fsp3) is 0.231. The van der Waals surface area contributed by atoms with E-state index in [1.165, 1.54) is 12.1 Å². The Morgan fingerprint density at radius 3 is 2.76 bits per heavy atom. The SMILES string of the molecule is Cc1sccc1C(O)Cc1ccc(F)cc1Cl. The number of rotatable bonds is 3. The van der Waals surface area contributed by atoms with Crippen LogP contribution in [0.3, 0.4) is 0 Å². The summed E-state index contributed by atoms with van der Waals surface area (Å²) >= 11 is 7.52. The number of hydrogen-bond acceptors (Lipinski definition) is 2. The molecule has 1 unspecified atom stereocenters. The second-order valence-electron chi connectivity index (χ2n) is 3.89. The van der Waals surface area contributed by atoms with Crippen molar-refractivity contribution in [1.82, 2.24) is 0 Å². The van der Waals surface area contributed by atoms with Crippen LogP contribution in [0.2, 0.25) is 5.02 Å². The Morgan fingerprint density at radius 1 is 1.41 bits per heavy atom. The van der Waals surface area contributed by atoms with Crippen LogP contribution < -0.4 is 0 Å². The summed E-state index contributed by atoms with van der Waals surface area (Å²) in [6, 6.07) is 6.14. The van der Waals surface area contributed by atoms with Crippen LogP contribution in [0, 0.1) is 12.7 Å². The number of aliphatic hydroxyl groups is 1. The molecule has 4 heteroatoms. The molecule has 17 heavy (non-hydrogen) atoms. The van der Waals surface area contributed by atoms with E-state index in [9.17, 15) is 9.50 Å². The lowest BCUT2D eigenvalue weighted by Gasteiger charge is -2.11. The molecule has 2 aromatic rings. The number of aliphatic hydroxyl groups excluding tert-OH is 1.